The minimum atomic E-state index is -0.207. The van der Waals surface area contributed by atoms with Gasteiger partial charge in [-0.1, -0.05) is 6.42 Å². The van der Waals surface area contributed by atoms with Crippen LogP contribution in [0.2, 0.25) is 0 Å². The molecule has 5 nitrogen and oxygen atoms in total. The first-order valence-electron chi connectivity index (χ1n) is 6.28. The van der Waals surface area contributed by atoms with Crippen molar-refractivity contribution in [1.82, 2.24) is 20.2 Å². The van der Waals surface area contributed by atoms with Crippen LogP contribution in [0.25, 0.3) is 0 Å². The van der Waals surface area contributed by atoms with Gasteiger partial charge in [-0.2, -0.15) is 4.98 Å². The highest BCUT2D eigenvalue weighted by Gasteiger charge is 2.27. The molecule has 3 rings (SSSR count). The number of aromatic amines is 1. The highest BCUT2D eigenvalue weighted by atomic mass is 16.1. The number of hydrogen-bond acceptors (Lipinski definition) is 4. The van der Waals surface area contributed by atoms with Gasteiger partial charge in [-0.15, -0.1) is 0 Å². The third-order valence-corrected chi connectivity index (χ3v) is 3.84. The van der Waals surface area contributed by atoms with Crippen LogP contribution in [-0.4, -0.2) is 28.5 Å². The summed E-state index contributed by atoms with van der Waals surface area (Å²) < 4.78 is 0. The lowest BCUT2D eigenvalue weighted by atomic mass is 9.96. The Morgan fingerprint density at radius 1 is 1.35 bits per heavy atom. The largest absolute Gasteiger partial charge is 0.345 e. The van der Waals surface area contributed by atoms with Gasteiger partial charge in [0.25, 0.3) is 0 Å². The van der Waals surface area contributed by atoms with Crippen molar-refractivity contribution in [3.63, 3.8) is 0 Å². The lowest BCUT2D eigenvalue weighted by Gasteiger charge is -2.32. The van der Waals surface area contributed by atoms with Crippen LogP contribution in [0.4, 0.5) is 0 Å². The van der Waals surface area contributed by atoms with Gasteiger partial charge in [0.05, 0.1) is 11.7 Å². The topological polar surface area (TPSA) is 61.0 Å². The molecule has 0 spiro atoms. The van der Waals surface area contributed by atoms with Crippen molar-refractivity contribution >= 4 is 0 Å². The van der Waals surface area contributed by atoms with Gasteiger partial charge in [-0.3, -0.25) is 4.90 Å². The van der Waals surface area contributed by atoms with Crippen molar-refractivity contribution in [2.75, 3.05) is 13.6 Å². The lowest BCUT2D eigenvalue weighted by molar-refractivity contribution is 0.182. The van der Waals surface area contributed by atoms with Crippen LogP contribution in [0.1, 0.15) is 42.3 Å². The molecular formula is C12H18N4O. The van der Waals surface area contributed by atoms with Gasteiger partial charge in [-0.25, -0.2) is 4.79 Å². The SMILES string of the molecule is CN1CCCCC1c1nc(=O)[nH]c2c1CNC2. The third-order valence-electron chi connectivity index (χ3n) is 3.84. The molecule has 0 aliphatic carbocycles. The van der Waals surface area contributed by atoms with E-state index in [4.69, 9.17) is 0 Å². The van der Waals surface area contributed by atoms with Gasteiger partial charge >= 0.3 is 5.69 Å². The van der Waals surface area contributed by atoms with E-state index in [1.807, 2.05) is 0 Å². The van der Waals surface area contributed by atoms with E-state index in [0.717, 1.165) is 37.4 Å². The average Bonchev–Trinajstić information content (AvgIpc) is 2.76. The molecule has 1 fully saturated rings. The van der Waals surface area contributed by atoms with E-state index in [9.17, 15) is 4.79 Å². The summed E-state index contributed by atoms with van der Waals surface area (Å²) in [5, 5.41) is 3.28. The van der Waals surface area contributed by atoms with Crippen LogP contribution in [0.15, 0.2) is 4.79 Å². The van der Waals surface area contributed by atoms with Gasteiger partial charge < -0.3 is 10.3 Å². The molecule has 3 heterocycles. The Hall–Kier alpha value is -1.20. The van der Waals surface area contributed by atoms with Crippen molar-refractivity contribution in [1.29, 1.82) is 0 Å². The van der Waals surface area contributed by atoms with Crippen molar-refractivity contribution in [2.45, 2.75) is 38.4 Å². The summed E-state index contributed by atoms with van der Waals surface area (Å²) in [4.78, 5) is 21.0. The van der Waals surface area contributed by atoms with Crippen LogP contribution >= 0.6 is 0 Å². The molecule has 1 aromatic heterocycles. The number of rotatable bonds is 1. The molecule has 1 aromatic rings. The van der Waals surface area contributed by atoms with E-state index in [2.05, 4.69) is 27.2 Å². The Bertz CT molecular complexity index is 482. The predicted octanol–water partition coefficient (Wildman–Crippen LogP) is 0.530. The third kappa shape index (κ3) is 1.89. The minimum absolute atomic E-state index is 0.207. The number of nitrogens with zero attached hydrogens (tertiary/aromatic N) is 2. The average molecular weight is 234 g/mol. The van der Waals surface area contributed by atoms with Crippen molar-refractivity contribution < 1.29 is 0 Å². The smallest absolute Gasteiger partial charge is 0.308 e. The number of hydrogen-bond donors (Lipinski definition) is 2. The van der Waals surface area contributed by atoms with E-state index in [1.54, 1.807) is 0 Å². The van der Waals surface area contributed by atoms with Gasteiger partial charge in [0, 0.05) is 24.3 Å². The molecule has 17 heavy (non-hydrogen) atoms. The van der Waals surface area contributed by atoms with Crippen molar-refractivity contribution in [3.05, 3.63) is 27.4 Å². The summed E-state index contributed by atoms with van der Waals surface area (Å²) in [5.74, 6) is 0. The number of likely N-dealkylation sites (tertiary alicyclic amines) is 1. The Morgan fingerprint density at radius 2 is 2.24 bits per heavy atom. The highest BCUT2D eigenvalue weighted by Crippen LogP contribution is 2.31. The van der Waals surface area contributed by atoms with Crippen molar-refractivity contribution in [3.8, 4) is 0 Å². The molecule has 0 radical (unpaired) electrons. The Morgan fingerprint density at radius 3 is 3.06 bits per heavy atom. The summed E-state index contributed by atoms with van der Waals surface area (Å²) >= 11 is 0. The maximum Gasteiger partial charge on any atom is 0.345 e. The maximum absolute atomic E-state index is 11.6. The van der Waals surface area contributed by atoms with Crippen LogP contribution in [0, 0.1) is 0 Å². The molecule has 0 bridgehead atoms. The number of nitrogens with one attached hydrogen (secondary N) is 2. The maximum atomic E-state index is 11.6. The number of aromatic nitrogens is 2. The summed E-state index contributed by atoms with van der Waals surface area (Å²) in [6.45, 7) is 2.69. The van der Waals surface area contributed by atoms with E-state index >= 15 is 0 Å². The molecule has 1 saturated heterocycles. The van der Waals surface area contributed by atoms with E-state index in [-0.39, 0.29) is 5.69 Å². The van der Waals surface area contributed by atoms with E-state index < -0.39 is 0 Å². The standard InChI is InChI=1S/C12H18N4O/c1-16-5-3-2-4-10(16)11-8-6-13-7-9(8)14-12(17)15-11/h10,13H,2-7H2,1H3,(H,14,15,17). The first-order chi connectivity index (χ1) is 8.25. The summed E-state index contributed by atoms with van der Waals surface area (Å²) in [6.07, 6.45) is 3.59. The molecule has 5 heteroatoms. The molecule has 0 aromatic carbocycles. The van der Waals surface area contributed by atoms with Crippen LogP contribution in [-0.2, 0) is 13.1 Å². The van der Waals surface area contributed by atoms with Gasteiger partial charge in [0.2, 0.25) is 0 Å². The fourth-order valence-corrected chi connectivity index (χ4v) is 2.92. The van der Waals surface area contributed by atoms with Gasteiger partial charge in [0.15, 0.2) is 0 Å². The molecule has 1 atom stereocenters. The molecule has 92 valence electrons. The molecule has 0 saturated carbocycles. The normalized spacial score (nSPS) is 24.9. The number of H-pyrrole nitrogens is 1. The quantitative estimate of drug-likeness (QED) is 0.744. The molecule has 2 aliphatic heterocycles. The second-order valence-electron chi connectivity index (χ2n) is 4.98. The zero-order valence-corrected chi connectivity index (χ0v) is 10.1. The minimum Gasteiger partial charge on any atom is -0.308 e. The highest BCUT2D eigenvalue weighted by molar-refractivity contribution is 5.30. The Balaban J connectivity index is 2.04. The second-order valence-corrected chi connectivity index (χ2v) is 4.98. The van der Waals surface area contributed by atoms with E-state index in [1.165, 1.54) is 18.4 Å². The lowest BCUT2D eigenvalue weighted by Crippen LogP contribution is -2.32. The Kier molecular flexibility index (Phi) is 2.72. The number of fused-ring (bicyclic) bond motifs is 1. The summed E-state index contributed by atoms with van der Waals surface area (Å²) in [7, 11) is 2.13. The molecule has 2 aliphatic rings. The van der Waals surface area contributed by atoms with Crippen LogP contribution < -0.4 is 11.0 Å². The fraction of sp³-hybridized carbons (Fsp3) is 0.667. The first kappa shape index (κ1) is 10.9. The summed E-state index contributed by atoms with van der Waals surface area (Å²) in [6, 6.07) is 0.319. The molecule has 0 amide bonds. The predicted molar refractivity (Wildman–Crippen MR) is 64.6 cm³/mol. The van der Waals surface area contributed by atoms with Crippen molar-refractivity contribution in [2.24, 2.45) is 0 Å². The first-order valence-corrected chi connectivity index (χ1v) is 6.28. The van der Waals surface area contributed by atoms with Crippen LogP contribution in [0.3, 0.4) is 0 Å². The summed E-state index contributed by atoms with van der Waals surface area (Å²) in [5.41, 5.74) is 3.03. The molecule has 2 N–H and O–H groups in total. The zero-order valence-electron chi connectivity index (χ0n) is 10.1. The van der Waals surface area contributed by atoms with Crippen LogP contribution in [0.5, 0.6) is 0 Å². The van der Waals surface area contributed by atoms with E-state index in [0.29, 0.717) is 6.04 Å². The molecule has 1 unspecified atom stereocenters. The van der Waals surface area contributed by atoms with Gasteiger partial charge in [-0.05, 0) is 26.4 Å². The van der Waals surface area contributed by atoms with Gasteiger partial charge in [0.1, 0.15) is 0 Å². The Labute approximate surface area is 100 Å². The number of piperidine rings is 1. The monoisotopic (exact) mass is 234 g/mol. The second kappa shape index (κ2) is 4.23. The molecular weight excluding hydrogens is 216 g/mol. The zero-order chi connectivity index (χ0) is 11.8. The fourth-order valence-electron chi connectivity index (χ4n) is 2.92.